The molecule has 4 rings (SSSR count). The number of carbonyl (C=O) groups excluding carboxylic acids is 2. The highest BCUT2D eigenvalue weighted by Crippen LogP contribution is 2.39. The minimum atomic E-state index is -3.22. The van der Waals surface area contributed by atoms with E-state index < -0.39 is 21.4 Å². The van der Waals surface area contributed by atoms with Crippen molar-refractivity contribution in [2.45, 2.75) is 52.6 Å². The Labute approximate surface area is 231 Å². The summed E-state index contributed by atoms with van der Waals surface area (Å²) in [5, 5.41) is 9.79. The average Bonchev–Trinajstić information content (AvgIpc) is 3.37. The van der Waals surface area contributed by atoms with Gasteiger partial charge in [-0.2, -0.15) is 5.26 Å². The number of ether oxygens (including phenoxy) is 1. The van der Waals surface area contributed by atoms with E-state index in [-0.39, 0.29) is 52.3 Å². The maximum absolute atomic E-state index is 13.5. The van der Waals surface area contributed by atoms with Crippen LogP contribution in [0, 0.1) is 24.2 Å². The molecule has 1 amide bonds. The van der Waals surface area contributed by atoms with Crippen LogP contribution in [0.5, 0.6) is 0 Å². The van der Waals surface area contributed by atoms with Crippen molar-refractivity contribution in [3.63, 3.8) is 0 Å². The fourth-order valence-electron chi connectivity index (χ4n) is 5.30. The van der Waals surface area contributed by atoms with Gasteiger partial charge in [-0.25, -0.2) is 8.42 Å². The Morgan fingerprint density at radius 1 is 1.29 bits per heavy atom. The number of sulfone groups is 1. The van der Waals surface area contributed by atoms with Crippen LogP contribution in [0.15, 0.2) is 9.70 Å². The molecule has 0 saturated carbocycles. The molecule has 38 heavy (non-hydrogen) atoms. The summed E-state index contributed by atoms with van der Waals surface area (Å²) in [7, 11) is -3.22. The van der Waals surface area contributed by atoms with E-state index in [0.29, 0.717) is 54.2 Å². The molecule has 3 aliphatic heterocycles. The van der Waals surface area contributed by atoms with E-state index in [2.05, 4.69) is 0 Å². The molecule has 3 fully saturated rings. The Morgan fingerprint density at radius 2 is 2.03 bits per heavy atom. The van der Waals surface area contributed by atoms with E-state index in [1.807, 2.05) is 11.0 Å². The first kappa shape index (κ1) is 28.3. The summed E-state index contributed by atoms with van der Waals surface area (Å²) in [5.41, 5.74) is 0.524. The summed E-state index contributed by atoms with van der Waals surface area (Å²) in [6, 6.07) is 1.50. The van der Waals surface area contributed by atoms with Gasteiger partial charge in [0, 0.05) is 25.2 Å². The molecular weight excluding hydrogens is 548 g/mol. The van der Waals surface area contributed by atoms with Crippen molar-refractivity contribution in [2.24, 2.45) is 5.92 Å². The second kappa shape index (κ2) is 11.2. The van der Waals surface area contributed by atoms with Gasteiger partial charge in [0.1, 0.15) is 21.8 Å². The van der Waals surface area contributed by atoms with Crippen molar-refractivity contribution < 1.29 is 22.7 Å². The number of nitriles is 1. The van der Waals surface area contributed by atoms with Gasteiger partial charge in [0.15, 0.2) is 9.84 Å². The molecule has 4 heterocycles. The van der Waals surface area contributed by atoms with Gasteiger partial charge >= 0.3 is 5.97 Å². The predicted octanol–water partition coefficient (Wildman–Crippen LogP) is 2.22. The number of amides is 1. The lowest BCUT2D eigenvalue weighted by Crippen LogP contribution is -2.43. The molecule has 0 bridgehead atoms. The van der Waals surface area contributed by atoms with Gasteiger partial charge < -0.3 is 9.64 Å². The lowest BCUT2D eigenvalue weighted by Gasteiger charge is -2.36. The summed E-state index contributed by atoms with van der Waals surface area (Å²) in [4.78, 5) is 42.9. The molecule has 0 radical (unpaired) electrons. The fourth-order valence-corrected chi connectivity index (χ4v) is 8.39. The first-order chi connectivity index (χ1) is 18.0. The van der Waals surface area contributed by atoms with Gasteiger partial charge in [-0.05, 0) is 51.7 Å². The molecule has 2 unspecified atom stereocenters. The molecule has 0 aromatic carbocycles. The number of thiocarbonyl (C=S) groups is 1. The minimum absolute atomic E-state index is 0.0145. The number of piperidine rings is 1. The Morgan fingerprint density at radius 3 is 2.63 bits per heavy atom. The van der Waals surface area contributed by atoms with Crippen molar-refractivity contribution in [1.29, 1.82) is 5.26 Å². The van der Waals surface area contributed by atoms with Crippen molar-refractivity contribution in [1.82, 2.24) is 9.47 Å². The lowest BCUT2D eigenvalue weighted by atomic mass is 9.96. The highest BCUT2D eigenvalue weighted by atomic mass is 32.2. The second-order valence-electron chi connectivity index (χ2n) is 9.54. The first-order valence-electron chi connectivity index (χ1n) is 12.6. The van der Waals surface area contributed by atoms with Gasteiger partial charge in [-0.15, -0.1) is 0 Å². The highest BCUT2D eigenvalue weighted by Gasteiger charge is 2.42. The molecule has 0 N–H and O–H groups in total. The molecule has 1 aromatic rings. The number of esters is 1. The summed E-state index contributed by atoms with van der Waals surface area (Å²) >= 11 is 6.55. The summed E-state index contributed by atoms with van der Waals surface area (Å²) in [6.07, 6.45) is 3.35. The van der Waals surface area contributed by atoms with E-state index in [1.165, 1.54) is 9.47 Å². The number of rotatable bonds is 6. The van der Waals surface area contributed by atoms with Gasteiger partial charge in [-0.3, -0.25) is 23.9 Å². The predicted molar refractivity (Wildman–Crippen MR) is 149 cm³/mol. The van der Waals surface area contributed by atoms with Crippen LogP contribution in [0.25, 0.3) is 6.08 Å². The van der Waals surface area contributed by atoms with Crippen LogP contribution in [0.4, 0.5) is 5.82 Å². The number of anilines is 1. The molecule has 0 spiro atoms. The Balaban J connectivity index is 1.81. The van der Waals surface area contributed by atoms with Crippen LogP contribution in [0.2, 0.25) is 0 Å². The van der Waals surface area contributed by atoms with Gasteiger partial charge in [0.25, 0.3) is 11.5 Å². The van der Waals surface area contributed by atoms with Gasteiger partial charge in [-0.1, -0.05) is 24.0 Å². The van der Waals surface area contributed by atoms with Gasteiger partial charge in [0.05, 0.1) is 35.0 Å². The number of hydrogen-bond donors (Lipinski definition) is 0. The topological polar surface area (TPSA) is 130 Å². The number of nitrogens with zero attached hydrogens (tertiary/aromatic N) is 4. The van der Waals surface area contributed by atoms with Crippen LogP contribution in [-0.4, -0.2) is 71.3 Å². The largest absolute Gasteiger partial charge is 0.466 e. The summed E-state index contributed by atoms with van der Waals surface area (Å²) < 4.78 is 31.1. The number of hydrogen-bond acceptors (Lipinski definition) is 10. The average molecular weight is 579 g/mol. The lowest BCUT2D eigenvalue weighted by molar-refractivity contribution is -0.148. The number of pyridine rings is 1. The summed E-state index contributed by atoms with van der Waals surface area (Å²) in [5.74, 6) is -0.614. The molecule has 1 aromatic heterocycles. The third kappa shape index (κ3) is 5.26. The summed E-state index contributed by atoms with van der Waals surface area (Å²) in [6.45, 7) is 6.72. The zero-order valence-corrected chi connectivity index (χ0v) is 24.0. The SMILES string of the molecule is CCOC(=O)C1CCCN(c2c(/C=C3\SC(=S)N(C4CCS(=O)(=O)C4)C3=O)c(C)c(C#N)c(=O)n2CC)C1. The smallest absolute Gasteiger partial charge is 0.310 e. The van der Waals surface area contributed by atoms with E-state index in [1.54, 1.807) is 26.8 Å². The molecule has 2 atom stereocenters. The van der Waals surface area contributed by atoms with Crippen molar-refractivity contribution in [3.05, 3.63) is 31.9 Å². The zero-order valence-electron chi connectivity index (χ0n) is 21.6. The molecule has 0 aliphatic carbocycles. The Bertz CT molecular complexity index is 1430. The van der Waals surface area contributed by atoms with Gasteiger partial charge in [0.2, 0.25) is 0 Å². The van der Waals surface area contributed by atoms with E-state index in [0.717, 1.165) is 11.8 Å². The van der Waals surface area contributed by atoms with Crippen LogP contribution < -0.4 is 10.5 Å². The van der Waals surface area contributed by atoms with Crippen LogP contribution >= 0.6 is 24.0 Å². The maximum Gasteiger partial charge on any atom is 0.310 e. The Hall–Kier alpha value is -2.69. The normalized spacial score (nSPS) is 24.2. The third-order valence-corrected chi connectivity index (χ3v) is 10.3. The number of thioether (sulfide) groups is 1. The van der Waals surface area contributed by atoms with E-state index in [9.17, 15) is 28.1 Å². The first-order valence-corrected chi connectivity index (χ1v) is 15.6. The molecule has 3 saturated heterocycles. The van der Waals surface area contributed by atoms with Crippen molar-refractivity contribution >= 4 is 61.9 Å². The van der Waals surface area contributed by atoms with E-state index >= 15 is 0 Å². The Kier molecular flexibility index (Phi) is 8.34. The minimum Gasteiger partial charge on any atom is -0.466 e. The zero-order chi connectivity index (χ0) is 27.8. The third-order valence-electron chi connectivity index (χ3n) is 7.18. The standard InChI is InChI=1S/C25H30N4O6S3/c1-4-28-21(27-9-6-7-16(13-27)24(32)35-5-2)18(15(3)19(12-26)22(28)30)11-20-23(31)29(25(36)37-20)17-8-10-38(33,34)14-17/h11,16-17H,4-10,13-14H2,1-3H3/b20-11-. The monoisotopic (exact) mass is 578 g/mol. The van der Waals surface area contributed by atoms with E-state index in [4.69, 9.17) is 17.0 Å². The molecule has 13 heteroatoms. The quantitative estimate of drug-likeness (QED) is 0.281. The fraction of sp³-hybridized carbons (Fsp3) is 0.560. The molecule has 3 aliphatic rings. The highest BCUT2D eigenvalue weighted by molar-refractivity contribution is 8.26. The van der Waals surface area contributed by atoms with Crippen LogP contribution in [-0.2, 0) is 30.7 Å². The van der Waals surface area contributed by atoms with Crippen molar-refractivity contribution in [3.8, 4) is 6.07 Å². The van der Waals surface area contributed by atoms with Crippen LogP contribution in [0.3, 0.4) is 0 Å². The molecule has 10 nitrogen and oxygen atoms in total. The maximum atomic E-state index is 13.5. The number of carbonyl (C=O) groups is 2. The molecule has 204 valence electrons. The second-order valence-corrected chi connectivity index (χ2v) is 13.4. The van der Waals surface area contributed by atoms with Crippen molar-refractivity contribution in [2.75, 3.05) is 36.1 Å². The number of aromatic nitrogens is 1. The van der Waals surface area contributed by atoms with Crippen LogP contribution in [0.1, 0.15) is 49.8 Å². The molecular formula is C25H30N4O6S3.